The zero-order chi connectivity index (χ0) is 30.8. The maximum atomic E-state index is 14.8. The van der Waals surface area contributed by atoms with Gasteiger partial charge in [0.1, 0.15) is 25.1 Å². The molecule has 9 nitrogen and oxygen atoms in total. The fourth-order valence-corrected chi connectivity index (χ4v) is 5.88. The highest BCUT2D eigenvalue weighted by atomic mass is 32.2. The summed E-state index contributed by atoms with van der Waals surface area (Å²) in [6.45, 7) is 3.05. The number of carbonyl (C=O) groups is 2. The van der Waals surface area contributed by atoms with E-state index in [2.05, 4.69) is 5.32 Å². The lowest BCUT2D eigenvalue weighted by molar-refractivity contribution is -0.141. The van der Waals surface area contributed by atoms with E-state index in [-0.39, 0.29) is 49.7 Å². The third-order valence-corrected chi connectivity index (χ3v) is 8.28. The molecule has 0 saturated carbocycles. The van der Waals surface area contributed by atoms with Crippen molar-refractivity contribution in [2.45, 2.75) is 45.2 Å². The average Bonchev–Trinajstić information content (AvgIpc) is 3.00. The van der Waals surface area contributed by atoms with Gasteiger partial charge in [-0.1, -0.05) is 55.5 Å². The SMILES string of the molecule is CCCNC(=O)C(Cc1ccccc1)N(Cc1ccccc1F)C(=O)CCCN(c1ccc2c(c1)OCCO2)S(C)(=O)=O. The van der Waals surface area contributed by atoms with Gasteiger partial charge >= 0.3 is 0 Å². The third-order valence-electron chi connectivity index (χ3n) is 7.08. The molecule has 230 valence electrons. The largest absolute Gasteiger partial charge is 0.486 e. The molecule has 3 aromatic rings. The van der Waals surface area contributed by atoms with Crippen LogP contribution in [0.1, 0.15) is 37.3 Å². The van der Waals surface area contributed by atoms with Crippen LogP contribution >= 0.6 is 0 Å². The first kappa shape index (κ1) is 31.8. The number of sulfonamides is 1. The van der Waals surface area contributed by atoms with Gasteiger partial charge in [0.2, 0.25) is 21.8 Å². The molecule has 1 heterocycles. The molecule has 1 N–H and O–H groups in total. The van der Waals surface area contributed by atoms with Gasteiger partial charge in [0, 0.05) is 44.1 Å². The van der Waals surface area contributed by atoms with E-state index >= 15 is 0 Å². The van der Waals surface area contributed by atoms with Gasteiger partial charge in [-0.2, -0.15) is 0 Å². The number of rotatable bonds is 14. The Kier molecular flexibility index (Phi) is 11.0. The number of benzene rings is 3. The third kappa shape index (κ3) is 8.70. The molecule has 0 spiro atoms. The highest BCUT2D eigenvalue weighted by molar-refractivity contribution is 7.92. The van der Waals surface area contributed by atoms with E-state index in [4.69, 9.17) is 9.47 Å². The molecule has 43 heavy (non-hydrogen) atoms. The van der Waals surface area contributed by atoms with Crippen LogP contribution < -0.4 is 19.1 Å². The summed E-state index contributed by atoms with van der Waals surface area (Å²) in [6, 6.07) is 19.5. The van der Waals surface area contributed by atoms with E-state index in [0.717, 1.165) is 11.8 Å². The Morgan fingerprint density at radius 1 is 0.977 bits per heavy atom. The van der Waals surface area contributed by atoms with Gasteiger partial charge in [-0.3, -0.25) is 13.9 Å². The molecule has 3 aromatic carbocycles. The van der Waals surface area contributed by atoms with Crippen LogP contribution in [0.4, 0.5) is 10.1 Å². The molecule has 0 fully saturated rings. The molecule has 1 atom stereocenters. The fourth-order valence-electron chi connectivity index (χ4n) is 4.92. The topological polar surface area (TPSA) is 105 Å². The van der Waals surface area contributed by atoms with Crippen LogP contribution in [0.2, 0.25) is 0 Å². The normalized spacial score (nSPS) is 13.2. The van der Waals surface area contributed by atoms with Crippen molar-refractivity contribution >= 4 is 27.5 Å². The van der Waals surface area contributed by atoms with Crippen LogP contribution in [-0.4, -0.2) is 63.7 Å². The summed E-state index contributed by atoms with van der Waals surface area (Å²) in [5.74, 6) is -0.204. The van der Waals surface area contributed by atoms with Crippen molar-refractivity contribution in [2.24, 2.45) is 0 Å². The Bertz CT molecular complexity index is 1500. The number of hydrogen-bond donors (Lipinski definition) is 1. The number of fused-ring (bicyclic) bond motifs is 1. The number of nitrogens with zero attached hydrogens (tertiary/aromatic N) is 2. The molecule has 1 unspecified atom stereocenters. The van der Waals surface area contributed by atoms with Crippen LogP contribution in [0.25, 0.3) is 0 Å². The van der Waals surface area contributed by atoms with Crippen LogP contribution in [0.3, 0.4) is 0 Å². The molecule has 1 aliphatic rings. The highest BCUT2D eigenvalue weighted by Gasteiger charge is 2.31. The van der Waals surface area contributed by atoms with Crippen molar-refractivity contribution in [3.63, 3.8) is 0 Å². The Morgan fingerprint density at radius 3 is 2.37 bits per heavy atom. The Labute approximate surface area is 252 Å². The summed E-state index contributed by atoms with van der Waals surface area (Å²) in [4.78, 5) is 28.7. The number of carbonyl (C=O) groups excluding carboxylic acids is 2. The van der Waals surface area contributed by atoms with Gasteiger partial charge in [0.15, 0.2) is 11.5 Å². The molecule has 2 amide bonds. The molecule has 0 bridgehead atoms. The number of amides is 2. The van der Waals surface area contributed by atoms with E-state index in [0.29, 0.717) is 43.4 Å². The maximum Gasteiger partial charge on any atom is 0.243 e. The predicted molar refractivity (Wildman–Crippen MR) is 163 cm³/mol. The Morgan fingerprint density at radius 2 is 1.67 bits per heavy atom. The van der Waals surface area contributed by atoms with Gasteiger partial charge < -0.3 is 19.7 Å². The van der Waals surface area contributed by atoms with E-state index < -0.39 is 21.9 Å². The molecule has 0 aliphatic carbocycles. The summed E-state index contributed by atoms with van der Waals surface area (Å²) in [6.07, 6.45) is 2.17. The summed E-state index contributed by atoms with van der Waals surface area (Å²) >= 11 is 0. The van der Waals surface area contributed by atoms with Crippen molar-refractivity contribution in [2.75, 3.05) is 36.9 Å². The lowest BCUT2D eigenvalue weighted by atomic mass is 10.0. The lowest BCUT2D eigenvalue weighted by Gasteiger charge is -2.32. The summed E-state index contributed by atoms with van der Waals surface area (Å²) < 4.78 is 52.7. The Balaban J connectivity index is 1.57. The quantitative estimate of drug-likeness (QED) is 0.291. The van der Waals surface area contributed by atoms with Crippen molar-refractivity contribution in [3.05, 3.63) is 89.7 Å². The number of anilines is 1. The molecule has 0 saturated heterocycles. The zero-order valence-corrected chi connectivity index (χ0v) is 25.3. The van der Waals surface area contributed by atoms with E-state index in [1.165, 1.54) is 15.3 Å². The van der Waals surface area contributed by atoms with Crippen molar-refractivity contribution < 1.29 is 31.9 Å². The van der Waals surface area contributed by atoms with Gasteiger partial charge in [0.05, 0.1) is 11.9 Å². The lowest BCUT2D eigenvalue weighted by Crippen LogP contribution is -2.50. The summed E-state index contributed by atoms with van der Waals surface area (Å²) in [5.41, 5.74) is 1.53. The summed E-state index contributed by atoms with van der Waals surface area (Å²) in [7, 11) is -3.70. The smallest absolute Gasteiger partial charge is 0.243 e. The minimum atomic E-state index is -3.70. The summed E-state index contributed by atoms with van der Waals surface area (Å²) in [5, 5.41) is 2.89. The van der Waals surface area contributed by atoms with Crippen LogP contribution in [0.15, 0.2) is 72.8 Å². The molecule has 11 heteroatoms. The van der Waals surface area contributed by atoms with Gasteiger partial charge in [0.25, 0.3) is 0 Å². The molecular formula is C32H38FN3O6S. The van der Waals surface area contributed by atoms with E-state index in [1.807, 2.05) is 37.3 Å². The van der Waals surface area contributed by atoms with Crippen LogP contribution in [0, 0.1) is 5.82 Å². The van der Waals surface area contributed by atoms with Crippen molar-refractivity contribution in [1.82, 2.24) is 10.2 Å². The second kappa shape index (κ2) is 14.9. The Hall–Kier alpha value is -4.12. The molecule has 1 aliphatic heterocycles. The van der Waals surface area contributed by atoms with Gasteiger partial charge in [-0.15, -0.1) is 0 Å². The number of nitrogens with one attached hydrogen (secondary N) is 1. The van der Waals surface area contributed by atoms with Gasteiger partial charge in [-0.25, -0.2) is 12.8 Å². The maximum absolute atomic E-state index is 14.8. The zero-order valence-electron chi connectivity index (χ0n) is 24.5. The van der Waals surface area contributed by atoms with Gasteiger partial charge in [-0.05, 0) is 36.6 Å². The first-order chi connectivity index (χ1) is 20.7. The number of hydrogen-bond acceptors (Lipinski definition) is 6. The van der Waals surface area contributed by atoms with E-state index in [1.54, 1.807) is 36.4 Å². The minimum Gasteiger partial charge on any atom is -0.486 e. The fraction of sp³-hybridized carbons (Fsp3) is 0.375. The molecule has 4 rings (SSSR count). The standard InChI is InChI=1S/C32H38FN3O6S/c1-3-17-34-32(38)28(21-24-10-5-4-6-11-24)35(23-25-12-7-8-13-27(25)33)31(37)14-9-18-36(43(2,39)40)26-15-16-29-30(22-26)42-20-19-41-29/h4-8,10-13,15-16,22,28H,3,9,14,17-21,23H2,1-2H3,(H,34,38). The van der Waals surface area contributed by atoms with Crippen molar-refractivity contribution in [1.29, 1.82) is 0 Å². The first-order valence-corrected chi connectivity index (χ1v) is 16.2. The second-order valence-electron chi connectivity index (χ2n) is 10.4. The first-order valence-electron chi connectivity index (χ1n) is 14.4. The highest BCUT2D eigenvalue weighted by Crippen LogP contribution is 2.35. The number of halogens is 1. The van der Waals surface area contributed by atoms with Crippen molar-refractivity contribution in [3.8, 4) is 11.5 Å². The monoisotopic (exact) mass is 611 g/mol. The predicted octanol–water partition coefficient (Wildman–Crippen LogP) is 4.31. The van der Waals surface area contributed by atoms with Crippen LogP contribution in [-0.2, 0) is 32.6 Å². The average molecular weight is 612 g/mol. The second-order valence-corrected chi connectivity index (χ2v) is 12.3. The molecular weight excluding hydrogens is 573 g/mol. The molecule has 0 radical (unpaired) electrons. The molecule has 0 aromatic heterocycles. The number of ether oxygens (including phenoxy) is 2. The van der Waals surface area contributed by atoms with Crippen LogP contribution in [0.5, 0.6) is 11.5 Å². The minimum absolute atomic E-state index is 0.0170. The van der Waals surface area contributed by atoms with E-state index in [9.17, 15) is 22.4 Å².